The third-order valence-corrected chi connectivity index (χ3v) is 8.25. The van der Waals surface area contributed by atoms with E-state index < -0.39 is 0 Å². The summed E-state index contributed by atoms with van der Waals surface area (Å²) in [6, 6.07) is 32.1. The van der Waals surface area contributed by atoms with E-state index in [-0.39, 0.29) is 23.3 Å². The SMILES string of the molecule is O=C(CCCCCCc1ccccc1)c1ncc(-c2ccccn2)o1.O=C(CCCCCCc1ccccc1)c1ncc(-c2ccccn2)o1. The Hall–Kier alpha value is -5.50. The van der Waals surface area contributed by atoms with Gasteiger partial charge in [-0.15, -0.1) is 0 Å². The first-order valence-corrected chi connectivity index (χ1v) is 17.5. The van der Waals surface area contributed by atoms with Gasteiger partial charge in [0.05, 0.1) is 12.4 Å². The van der Waals surface area contributed by atoms with Gasteiger partial charge in [0.15, 0.2) is 11.5 Å². The fourth-order valence-corrected chi connectivity index (χ4v) is 5.50. The lowest BCUT2D eigenvalue weighted by Crippen LogP contribution is -1.99. The van der Waals surface area contributed by atoms with Gasteiger partial charge in [-0.2, -0.15) is 0 Å². The van der Waals surface area contributed by atoms with E-state index in [2.05, 4.69) is 68.5 Å². The molecule has 0 saturated heterocycles. The van der Waals surface area contributed by atoms with Crippen molar-refractivity contribution in [2.24, 2.45) is 0 Å². The van der Waals surface area contributed by atoms with Gasteiger partial charge in [0.2, 0.25) is 11.6 Å². The molecular weight excluding hydrogens is 624 g/mol. The molecule has 4 heterocycles. The van der Waals surface area contributed by atoms with Gasteiger partial charge in [0.25, 0.3) is 11.8 Å². The molecule has 0 N–H and O–H groups in total. The summed E-state index contributed by atoms with van der Waals surface area (Å²) in [5.41, 5.74) is 4.13. The summed E-state index contributed by atoms with van der Waals surface area (Å²) in [5, 5.41) is 0. The van der Waals surface area contributed by atoms with Gasteiger partial charge in [-0.1, -0.05) is 98.5 Å². The molecule has 0 radical (unpaired) electrons. The van der Waals surface area contributed by atoms with E-state index in [4.69, 9.17) is 8.83 Å². The zero-order chi connectivity index (χ0) is 34.6. The van der Waals surface area contributed by atoms with Gasteiger partial charge < -0.3 is 8.83 Å². The molecule has 0 unspecified atom stereocenters. The zero-order valence-corrected chi connectivity index (χ0v) is 28.5. The molecule has 6 rings (SSSR count). The fraction of sp³-hybridized carbons (Fsp3) is 0.286. The second kappa shape index (κ2) is 20.1. The van der Waals surface area contributed by atoms with Crippen LogP contribution in [0.2, 0.25) is 0 Å². The number of aryl methyl sites for hydroxylation is 2. The minimum atomic E-state index is -0.0368. The fourth-order valence-electron chi connectivity index (χ4n) is 5.50. The molecule has 4 aromatic heterocycles. The number of hydrogen-bond donors (Lipinski definition) is 0. The number of benzene rings is 2. The monoisotopic (exact) mass is 668 g/mol. The summed E-state index contributed by atoms with van der Waals surface area (Å²) in [6.07, 6.45) is 18.1. The van der Waals surface area contributed by atoms with Crippen LogP contribution in [0.3, 0.4) is 0 Å². The third-order valence-electron chi connectivity index (χ3n) is 8.25. The predicted molar refractivity (Wildman–Crippen MR) is 195 cm³/mol. The quantitative estimate of drug-likeness (QED) is 0.0657. The molecule has 0 atom stereocenters. The number of hydrogen-bond acceptors (Lipinski definition) is 8. The van der Waals surface area contributed by atoms with Gasteiger partial charge >= 0.3 is 0 Å². The minimum Gasteiger partial charge on any atom is -0.432 e. The van der Waals surface area contributed by atoms with E-state index in [9.17, 15) is 9.59 Å². The molecule has 0 saturated carbocycles. The minimum absolute atomic E-state index is 0.0368. The molecule has 8 heteroatoms. The first-order valence-electron chi connectivity index (χ1n) is 17.5. The van der Waals surface area contributed by atoms with Crippen molar-refractivity contribution in [3.63, 3.8) is 0 Å². The molecule has 50 heavy (non-hydrogen) atoms. The molecule has 0 aliphatic rings. The highest BCUT2D eigenvalue weighted by Crippen LogP contribution is 2.20. The number of pyridine rings is 2. The summed E-state index contributed by atoms with van der Waals surface area (Å²) in [5.74, 6) is 1.36. The topological polar surface area (TPSA) is 112 Å². The number of carbonyl (C=O) groups is 2. The van der Waals surface area contributed by atoms with Crippen molar-refractivity contribution in [2.45, 2.75) is 77.0 Å². The molecule has 8 nitrogen and oxygen atoms in total. The van der Waals surface area contributed by atoms with Crippen molar-refractivity contribution in [3.05, 3.63) is 145 Å². The third kappa shape index (κ3) is 11.9. The number of ketones is 2. The lowest BCUT2D eigenvalue weighted by molar-refractivity contribution is 0.0939. The van der Waals surface area contributed by atoms with Gasteiger partial charge in [0.1, 0.15) is 11.4 Å². The Morgan fingerprint density at radius 2 is 0.840 bits per heavy atom. The number of oxazole rings is 2. The molecule has 256 valence electrons. The Morgan fingerprint density at radius 3 is 1.24 bits per heavy atom. The maximum absolute atomic E-state index is 12.2. The van der Waals surface area contributed by atoms with Crippen LogP contribution in [0.1, 0.15) is 96.7 Å². The first-order chi connectivity index (χ1) is 24.7. The van der Waals surface area contributed by atoms with Crippen molar-refractivity contribution in [1.29, 1.82) is 0 Å². The number of rotatable bonds is 18. The lowest BCUT2D eigenvalue weighted by atomic mass is 10.0. The van der Waals surface area contributed by atoms with Crippen LogP contribution >= 0.6 is 0 Å². The number of aromatic nitrogens is 4. The van der Waals surface area contributed by atoms with Crippen LogP contribution in [0, 0.1) is 0 Å². The van der Waals surface area contributed by atoms with Crippen molar-refractivity contribution in [1.82, 2.24) is 19.9 Å². The van der Waals surface area contributed by atoms with Crippen LogP contribution in [-0.4, -0.2) is 31.5 Å². The number of nitrogens with zero attached hydrogens (tertiary/aromatic N) is 4. The molecule has 2 aromatic carbocycles. The summed E-state index contributed by atoms with van der Waals surface area (Å²) in [6.45, 7) is 0. The normalized spacial score (nSPS) is 10.7. The van der Waals surface area contributed by atoms with Gasteiger partial charge in [-0.3, -0.25) is 19.6 Å². The largest absolute Gasteiger partial charge is 0.432 e. The van der Waals surface area contributed by atoms with Crippen molar-refractivity contribution >= 4 is 11.6 Å². The maximum atomic E-state index is 12.2. The van der Waals surface area contributed by atoms with Crippen molar-refractivity contribution in [2.75, 3.05) is 0 Å². The van der Waals surface area contributed by atoms with E-state index in [1.807, 2.05) is 48.5 Å². The second-order valence-electron chi connectivity index (χ2n) is 12.1. The predicted octanol–water partition coefficient (Wildman–Crippen LogP) is 10.2. The zero-order valence-electron chi connectivity index (χ0n) is 28.5. The van der Waals surface area contributed by atoms with Crippen LogP contribution in [0.4, 0.5) is 0 Å². The Morgan fingerprint density at radius 1 is 0.440 bits per heavy atom. The van der Waals surface area contributed by atoms with E-state index in [1.165, 1.54) is 11.1 Å². The van der Waals surface area contributed by atoms with Gasteiger partial charge in [-0.25, -0.2) is 9.97 Å². The Balaban J connectivity index is 0.000000194. The average Bonchev–Trinajstić information content (AvgIpc) is 3.88. The highest BCUT2D eigenvalue weighted by molar-refractivity contribution is 5.92. The van der Waals surface area contributed by atoms with Crippen LogP contribution in [-0.2, 0) is 12.8 Å². The van der Waals surface area contributed by atoms with E-state index in [1.54, 1.807) is 24.8 Å². The Labute approximate surface area is 294 Å². The summed E-state index contributed by atoms with van der Waals surface area (Å²) >= 11 is 0. The van der Waals surface area contributed by atoms with Crippen LogP contribution in [0.25, 0.3) is 22.9 Å². The van der Waals surface area contributed by atoms with Crippen LogP contribution in [0.5, 0.6) is 0 Å². The molecular formula is C42H44N4O4. The van der Waals surface area contributed by atoms with Gasteiger partial charge in [0, 0.05) is 25.2 Å². The van der Waals surface area contributed by atoms with E-state index >= 15 is 0 Å². The van der Waals surface area contributed by atoms with Crippen LogP contribution < -0.4 is 0 Å². The Bertz CT molecular complexity index is 1700. The highest BCUT2D eigenvalue weighted by atomic mass is 16.4. The summed E-state index contributed by atoms with van der Waals surface area (Å²) in [7, 11) is 0. The summed E-state index contributed by atoms with van der Waals surface area (Å²) < 4.78 is 11.1. The standard InChI is InChI=1S/2C21H22N2O2/c2*24-19(14-7-2-1-4-10-17-11-5-3-6-12-17)21-23-16-20(25-21)18-13-8-9-15-22-18/h2*3,5-6,8-9,11-13,15-16H,1-2,4,7,10,14H2. The van der Waals surface area contributed by atoms with E-state index in [0.29, 0.717) is 35.7 Å². The second-order valence-corrected chi connectivity index (χ2v) is 12.1. The maximum Gasteiger partial charge on any atom is 0.263 e. The average molecular weight is 669 g/mol. The highest BCUT2D eigenvalue weighted by Gasteiger charge is 2.15. The molecule has 0 fully saturated rings. The molecule has 0 spiro atoms. The smallest absolute Gasteiger partial charge is 0.263 e. The summed E-state index contributed by atoms with van der Waals surface area (Å²) in [4.78, 5) is 40.9. The van der Waals surface area contributed by atoms with Crippen molar-refractivity contribution in [3.8, 4) is 22.9 Å². The van der Waals surface area contributed by atoms with E-state index in [0.717, 1.165) is 64.2 Å². The van der Waals surface area contributed by atoms with Gasteiger partial charge in [-0.05, 0) is 73.9 Å². The number of carbonyl (C=O) groups excluding carboxylic acids is 2. The molecule has 6 aromatic rings. The molecule has 0 aliphatic heterocycles. The Kier molecular flexibility index (Phi) is 14.4. The first kappa shape index (κ1) is 35.8. The van der Waals surface area contributed by atoms with Crippen LogP contribution in [0.15, 0.2) is 131 Å². The lowest BCUT2D eigenvalue weighted by Gasteiger charge is -2.01. The molecule has 0 aliphatic carbocycles. The number of Topliss-reactive ketones (excluding diaryl/α,β-unsaturated/α-hetero) is 2. The molecule has 0 amide bonds. The molecule has 0 bridgehead atoms. The van der Waals surface area contributed by atoms with Crippen molar-refractivity contribution < 1.29 is 18.4 Å². The number of unbranched alkanes of at least 4 members (excludes halogenated alkanes) is 6.